The van der Waals surface area contributed by atoms with E-state index in [0.717, 1.165) is 31.6 Å². The van der Waals surface area contributed by atoms with E-state index in [1.807, 2.05) is 13.8 Å². The minimum atomic E-state index is -1.13. The zero-order chi connectivity index (χ0) is 35.5. The third-order valence-electron chi connectivity index (χ3n) is 12.6. The van der Waals surface area contributed by atoms with Crippen molar-refractivity contribution in [2.45, 2.75) is 155 Å². The topological polar surface area (TPSA) is 126 Å². The molecule has 5 rings (SSSR count). The summed E-state index contributed by atoms with van der Waals surface area (Å²) in [5.41, 5.74) is 1.90. The normalized spacial score (nSPS) is 39.7. The Labute approximate surface area is 292 Å². The number of carbonyl (C=O) groups excluding carboxylic acids is 4. The third-order valence-corrected chi connectivity index (χ3v) is 12.6. The van der Waals surface area contributed by atoms with E-state index < -0.39 is 48.6 Å². The lowest BCUT2D eigenvalue weighted by atomic mass is 9.47. The van der Waals surface area contributed by atoms with E-state index in [1.165, 1.54) is 45.1 Å². The Bertz CT molecular complexity index is 1280. The van der Waals surface area contributed by atoms with E-state index in [9.17, 15) is 19.2 Å². The molecule has 0 aromatic carbocycles. The van der Waals surface area contributed by atoms with Crippen LogP contribution in [0.5, 0.6) is 0 Å². The minimum Gasteiger partial charge on any atom is -0.463 e. The maximum atomic E-state index is 12.8. The molecule has 1 N–H and O–H groups in total. The largest absolute Gasteiger partial charge is 0.463 e. The van der Waals surface area contributed by atoms with Gasteiger partial charge in [-0.3, -0.25) is 19.2 Å². The van der Waals surface area contributed by atoms with E-state index in [0.29, 0.717) is 36.0 Å². The molecule has 1 heterocycles. The summed E-state index contributed by atoms with van der Waals surface area (Å²) < 4.78 is 30.3. The fourth-order valence-electron chi connectivity index (χ4n) is 10.2. The highest BCUT2D eigenvalue weighted by atomic mass is 16.7. The fraction of sp³-hybridized carbons (Fsp3) is 0.795. The van der Waals surface area contributed by atoms with Crippen molar-refractivity contribution >= 4 is 23.8 Å². The number of amides is 1. The monoisotopic (exact) mass is 685 g/mol. The molecule has 49 heavy (non-hydrogen) atoms. The molecule has 0 aromatic rings. The van der Waals surface area contributed by atoms with Crippen molar-refractivity contribution in [1.82, 2.24) is 5.32 Å². The molecule has 1 saturated heterocycles. The highest BCUT2D eigenvalue weighted by Gasteiger charge is 2.59. The summed E-state index contributed by atoms with van der Waals surface area (Å²) in [5.74, 6) is 0.762. The van der Waals surface area contributed by atoms with Gasteiger partial charge in [0.2, 0.25) is 5.91 Å². The number of carbonyl (C=O) groups is 4. The van der Waals surface area contributed by atoms with Crippen LogP contribution < -0.4 is 5.32 Å². The molecule has 5 aliphatic rings. The van der Waals surface area contributed by atoms with Crippen LogP contribution in [-0.4, -0.2) is 67.2 Å². The predicted octanol–water partition coefficient (Wildman–Crippen LogP) is 6.35. The van der Waals surface area contributed by atoms with Crippen LogP contribution in [0.4, 0.5) is 0 Å². The average molecular weight is 686 g/mol. The number of nitrogens with one attached hydrogen (secondary N) is 1. The summed E-state index contributed by atoms with van der Waals surface area (Å²) in [5, 5.41) is 2.87. The summed E-state index contributed by atoms with van der Waals surface area (Å²) in [6.45, 7) is 15.3. The van der Waals surface area contributed by atoms with Crippen LogP contribution in [0.3, 0.4) is 0 Å². The molecular formula is C39H59NO9. The Morgan fingerprint density at radius 1 is 0.959 bits per heavy atom. The van der Waals surface area contributed by atoms with E-state index >= 15 is 0 Å². The van der Waals surface area contributed by atoms with Gasteiger partial charge in [0.25, 0.3) is 0 Å². The number of ether oxygens (including phenoxy) is 5. The van der Waals surface area contributed by atoms with Gasteiger partial charge in [-0.15, -0.1) is 6.58 Å². The number of rotatable bonds is 12. The van der Waals surface area contributed by atoms with Crippen LogP contribution in [0.25, 0.3) is 0 Å². The number of esters is 3. The van der Waals surface area contributed by atoms with Gasteiger partial charge in [0.15, 0.2) is 18.5 Å². The molecular weight excluding hydrogens is 626 g/mol. The maximum absolute atomic E-state index is 12.8. The number of hydrogen-bond acceptors (Lipinski definition) is 9. The molecule has 0 unspecified atom stereocenters. The third kappa shape index (κ3) is 7.80. The van der Waals surface area contributed by atoms with Crippen molar-refractivity contribution in [3.63, 3.8) is 0 Å². The van der Waals surface area contributed by atoms with Crippen molar-refractivity contribution in [2.24, 2.45) is 34.5 Å². The highest BCUT2D eigenvalue weighted by molar-refractivity contribution is 5.74. The first-order valence-electron chi connectivity index (χ1n) is 18.8. The lowest BCUT2D eigenvalue weighted by Gasteiger charge is -2.58. The Balaban J connectivity index is 1.38. The van der Waals surface area contributed by atoms with Gasteiger partial charge in [-0.1, -0.05) is 45.4 Å². The van der Waals surface area contributed by atoms with Crippen LogP contribution in [-0.2, 0) is 42.9 Å². The van der Waals surface area contributed by atoms with E-state index in [4.69, 9.17) is 23.7 Å². The zero-order valence-corrected chi connectivity index (χ0v) is 30.5. The highest BCUT2D eigenvalue weighted by Crippen LogP contribution is 2.66. The lowest BCUT2D eigenvalue weighted by molar-refractivity contribution is -0.290. The second-order valence-electron chi connectivity index (χ2n) is 15.7. The molecule has 1 aliphatic heterocycles. The van der Waals surface area contributed by atoms with Gasteiger partial charge in [0.1, 0.15) is 18.8 Å². The quantitative estimate of drug-likeness (QED) is 0.142. The zero-order valence-electron chi connectivity index (χ0n) is 30.5. The van der Waals surface area contributed by atoms with Crippen LogP contribution in [0.15, 0.2) is 24.3 Å². The summed E-state index contributed by atoms with van der Waals surface area (Å²) in [6.07, 6.45) is 10.4. The standard InChI is InChI=1S/C39H59NO9/c1-8-11-32(43)45-22-31-35(49-33(44)12-9-2)36(46-24(5)42)34(40-23(4)41)37(48-31)47-27-17-19-39(7)26(21-27)13-15-28-29-16-14-25(10-3)38(29,6)20-18-30(28)39/h10,13,25,27-31,34-37H,3,8-9,11-12,14-22H2,1-2,4-7H3,(H,40,41)/t25-,27-,28-,29-,30-,31-,34-,35+,36-,37-,38+,39-/m0/s1. The van der Waals surface area contributed by atoms with Crippen molar-refractivity contribution in [2.75, 3.05) is 6.61 Å². The molecule has 1 amide bonds. The van der Waals surface area contributed by atoms with Crippen LogP contribution in [0, 0.1) is 34.5 Å². The first kappa shape index (κ1) is 37.5. The number of allylic oxidation sites excluding steroid dienone is 2. The fourth-order valence-corrected chi connectivity index (χ4v) is 10.2. The maximum Gasteiger partial charge on any atom is 0.306 e. The summed E-state index contributed by atoms with van der Waals surface area (Å²) >= 11 is 0. The summed E-state index contributed by atoms with van der Waals surface area (Å²) in [6, 6.07) is -0.961. The van der Waals surface area contributed by atoms with Gasteiger partial charge >= 0.3 is 17.9 Å². The first-order chi connectivity index (χ1) is 23.3. The van der Waals surface area contributed by atoms with Gasteiger partial charge in [-0.2, -0.15) is 0 Å². The lowest BCUT2D eigenvalue weighted by Crippen LogP contribution is -2.67. The molecule has 10 heteroatoms. The van der Waals surface area contributed by atoms with E-state index in [2.05, 4.69) is 37.9 Å². The molecule has 10 nitrogen and oxygen atoms in total. The molecule has 0 radical (unpaired) electrons. The average Bonchev–Trinajstić information content (AvgIpc) is 3.39. The van der Waals surface area contributed by atoms with Crippen LogP contribution in [0.1, 0.15) is 119 Å². The van der Waals surface area contributed by atoms with Gasteiger partial charge in [0, 0.05) is 26.7 Å². The van der Waals surface area contributed by atoms with Gasteiger partial charge in [0.05, 0.1) is 6.10 Å². The van der Waals surface area contributed by atoms with Crippen molar-refractivity contribution in [3.05, 3.63) is 24.3 Å². The molecule has 274 valence electrons. The minimum absolute atomic E-state index is 0.107. The molecule has 12 atom stereocenters. The molecule has 0 aromatic heterocycles. The summed E-state index contributed by atoms with van der Waals surface area (Å²) in [4.78, 5) is 50.1. The summed E-state index contributed by atoms with van der Waals surface area (Å²) in [7, 11) is 0. The molecule has 3 saturated carbocycles. The molecule has 0 bridgehead atoms. The Kier molecular flexibility index (Phi) is 12.0. The first-order valence-corrected chi connectivity index (χ1v) is 18.8. The second kappa shape index (κ2) is 15.7. The van der Waals surface area contributed by atoms with Crippen LogP contribution >= 0.6 is 0 Å². The van der Waals surface area contributed by atoms with E-state index in [-0.39, 0.29) is 36.9 Å². The number of hydrogen-bond donors (Lipinski definition) is 1. The SMILES string of the molecule is C=C[C@H]1CC[C@H]2[C@@H]3CC=C4C[C@@H](O[C@H]5O[C@@H](COC(=O)CCC)[C@@H](OC(=O)CCC)[C@@H](OC(C)=O)[C@@H]5NC(C)=O)CC[C@]4(C)[C@H]3CC[C@]12C. The van der Waals surface area contributed by atoms with Gasteiger partial charge < -0.3 is 29.0 Å². The molecule has 4 fully saturated rings. The van der Waals surface area contributed by atoms with Crippen molar-refractivity contribution in [1.29, 1.82) is 0 Å². The van der Waals surface area contributed by atoms with Gasteiger partial charge in [-0.05, 0) is 98.7 Å². The molecule has 0 spiro atoms. The van der Waals surface area contributed by atoms with Crippen LogP contribution in [0.2, 0.25) is 0 Å². The predicted molar refractivity (Wildman–Crippen MR) is 183 cm³/mol. The second-order valence-corrected chi connectivity index (χ2v) is 15.7. The Morgan fingerprint density at radius 2 is 1.69 bits per heavy atom. The Morgan fingerprint density at radius 3 is 2.37 bits per heavy atom. The molecule has 4 aliphatic carbocycles. The van der Waals surface area contributed by atoms with E-state index in [1.54, 1.807) is 0 Å². The smallest absolute Gasteiger partial charge is 0.306 e. The van der Waals surface area contributed by atoms with Gasteiger partial charge in [-0.25, -0.2) is 0 Å². The number of fused-ring (bicyclic) bond motifs is 5. The van der Waals surface area contributed by atoms with Crippen molar-refractivity contribution < 1.29 is 42.9 Å². The Hall–Kier alpha value is -2.72. The van der Waals surface area contributed by atoms with Crippen molar-refractivity contribution in [3.8, 4) is 0 Å².